The number of phosphoric acid groups is 2. The highest BCUT2D eigenvalue weighted by Gasteiger charge is 2.30. The van der Waals surface area contributed by atoms with Gasteiger partial charge in [0.25, 0.3) is 0 Å². The molecule has 0 bridgehead atoms. The first kappa shape index (κ1) is 93.1. The van der Waals surface area contributed by atoms with Gasteiger partial charge in [-0.25, -0.2) is 9.13 Å². The average Bonchev–Trinajstić information content (AvgIpc) is 1.58. The van der Waals surface area contributed by atoms with Crippen LogP contribution in [-0.2, 0) is 65.4 Å². The van der Waals surface area contributed by atoms with Crippen molar-refractivity contribution in [2.24, 2.45) is 17.8 Å². The van der Waals surface area contributed by atoms with Gasteiger partial charge in [-0.1, -0.05) is 337 Å². The number of aliphatic hydroxyl groups is 1. The normalized spacial score (nSPS) is 14.1. The standard InChI is InChI=1S/C76H148O17P2/c1-8-9-10-11-12-13-14-18-22-29-36-43-50-57-73(78)86-63-71(92-75(80)59-52-45-38-30-23-20-17-15-16-19-21-26-33-40-47-54-67(2)3)65-90-94(82,83)88-61-70(77)62-89-95(84,85)91-66-72(93-76(81)60-53-46-39-32-25-28-35-42-49-56-69(6)7)64-87-74(79)58-51-44-37-31-24-27-34-41-48-55-68(4)5/h67-72,77H,8-66H2,1-7H3,(H,82,83)(H,84,85)/t70-,71-,72-/m1/s1. The summed E-state index contributed by atoms with van der Waals surface area (Å²) in [6, 6.07) is 0. The third-order valence-electron chi connectivity index (χ3n) is 17.6. The smallest absolute Gasteiger partial charge is 0.462 e. The maximum atomic E-state index is 13.1. The minimum absolute atomic E-state index is 0.105. The first-order valence-corrected chi connectivity index (χ1v) is 42.3. The van der Waals surface area contributed by atoms with Gasteiger partial charge in [-0.15, -0.1) is 0 Å². The minimum atomic E-state index is -4.96. The van der Waals surface area contributed by atoms with Gasteiger partial charge in [0.05, 0.1) is 26.4 Å². The fraction of sp³-hybridized carbons (Fsp3) is 0.947. The number of esters is 4. The van der Waals surface area contributed by atoms with Crippen LogP contribution in [0.5, 0.6) is 0 Å². The van der Waals surface area contributed by atoms with E-state index < -0.39 is 97.5 Å². The quantitative estimate of drug-likeness (QED) is 0.0222. The van der Waals surface area contributed by atoms with E-state index in [0.29, 0.717) is 25.7 Å². The molecule has 0 aliphatic rings. The van der Waals surface area contributed by atoms with Crippen LogP contribution in [0.3, 0.4) is 0 Å². The fourth-order valence-corrected chi connectivity index (χ4v) is 13.2. The molecule has 17 nitrogen and oxygen atoms in total. The molecule has 0 aromatic carbocycles. The molecule has 0 aromatic rings. The second-order valence-electron chi connectivity index (χ2n) is 28.8. The van der Waals surface area contributed by atoms with Gasteiger partial charge in [0, 0.05) is 25.7 Å². The number of hydrogen-bond acceptors (Lipinski definition) is 15. The molecule has 0 aliphatic heterocycles. The minimum Gasteiger partial charge on any atom is -0.462 e. The summed E-state index contributed by atoms with van der Waals surface area (Å²) in [6.45, 7) is 11.9. The Morgan fingerprint density at radius 3 is 0.716 bits per heavy atom. The number of carbonyl (C=O) groups excluding carboxylic acids is 4. The topological polar surface area (TPSA) is 237 Å². The Bertz CT molecular complexity index is 1850. The first-order chi connectivity index (χ1) is 45.7. The van der Waals surface area contributed by atoms with Crippen molar-refractivity contribution in [1.82, 2.24) is 0 Å². The molecular weight excluding hydrogens is 1250 g/mol. The Morgan fingerprint density at radius 1 is 0.284 bits per heavy atom. The van der Waals surface area contributed by atoms with E-state index in [0.717, 1.165) is 108 Å². The van der Waals surface area contributed by atoms with Crippen LogP contribution >= 0.6 is 15.6 Å². The fourth-order valence-electron chi connectivity index (χ4n) is 11.6. The van der Waals surface area contributed by atoms with Crippen molar-refractivity contribution in [2.75, 3.05) is 39.6 Å². The van der Waals surface area contributed by atoms with Crippen LogP contribution in [0.15, 0.2) is 0 Å². The molecule has 0 amide bonds. The maximum Gasteiger partial charge on any atom is 0.472 e. The predicted octanol–water partition coefficient (Wildman–Crippen LogP) is 22.2. The zero-order valence-electron chi connectivity index (χ0n) is 62.1. The van der Waals surface area contributed by atoms with E-state index in [-0.39, 0.29) is 25.7 Å². The van der Waals surface area contributed by atoms with E-state index >= 15 is 0 Å². The number of carbonyl (C=O) groups is 4. The molecule has 0 aliphatic carbocycles. The van der Waals surface area contributed by atoms with Crippen LogP contribution in [0, 0.1) is 17.8 Å². The van der Waals surface area contributed by atoms with Crippen LogP contribution in [-0.4, -0.2) is 96.7 Å². The molecule has 0 spiro atoms. The Kier molecular flexibility index (Phi) is 65.2. The number of phosphoric ester groups is 2. The van der Waals surface area contributed by atoms with Crippen molar-refractivity contribution in [3.8, 4) is 0 Å². The van der Waals surface area contributed by atoms with Crippen molar-refractivity contribution < 1.29 is 80.2 Å². The Balaban J connectivity index is 5.25. The van der Waals surface area contributed by atoms with Gasteiger partial charge in [-0.3, -0.25) is 37.3 Å². The lowest BCUT2D eigenvalue weighted by Gasteiger charge is -2.21. The van der Waals surface area contributed by atoms with E-state index in [4.69, 9.17) is 37.0 Å². The highest BCUT2D eigenvalue weighted by Crippen LogP contribution is 2.45. The molecule has 0 aromatic heterocycles. The second-order valence-corrected chi connectivity index (χ2v) is 31.7. The first-order valence-electron chi connectivity index (χ1n) is 39.3. The molecular formula is C76H148O17P2. The Morgan fingerprint density at radius 2 is 0.484 bits per heavy atom. The van der Waals surface area contributed by atoms with Gasteiger partial charge in [-0.2, -0.15) is 0 Å². The van der Waals surface area contributed by atoms with E-state index in [2.05, 4.69) is 48.5 Å². The summed E-state index contributed by atoms with van der Waals surface area (Å²) >= 11 is 0. The molecule has 2 unspecified atom stereocenters. The molecule has 0 fully saturated rings. The zero-order chi connectivity index (χ0) is 70.1. The van der Waals surface area contributed by atoms with Crippen LogP contribution in [0.1, 0.15) is 389 Å². The third kappa shape index (κ3) is 70.3. The van der Waals surface area contributed by atoms with Crippen molar-refractivity contribution in [1.29, 1.82) is 0 Å². The summed E-state index contributed by atoms with van der Waals surface area (Å²) < 4.78 is 68.5. The molecule has 3 N–H and O–H groups in total. The van der Waals surface area contributed by atoms with Crippen LogP contribution < -0.4 is 0 Å². The van der Waals surface area contributed by atoms with Crippen molar-refractivity contribution >= 4 is 39.5 Å². The summed E-state index contributed by atoms with van der Waals surface area (Å²) in [5.41, 5.74) is 0. The Hall–Kier alpha value is -1.94. The van der Waals surface area contributed by atoms with Gasteiger partial charge < -0.3 is 33.8 Å². The van der Waals surface area contributed by atoms with Crippen LogP contribution in [0.25, 0.3) is 0 Å². The van der Waals surface area contributed by atoms with Crippen molar-refractivity contribution in [3.05, 3.63) is 0 Å². The van der Waals surface area contributed by atoms with E-state index in [1.54, 1.807) is 0 Å². The summed E-state index contributed by atoms with van der Waals surface area (Å²) in [6.07, 6.45) is 52.7. The molecule has 19 heteroatoms. The zero-order valence-corrected chi connectivity index (χ0v) is 63.9. The maximum absolute atomic E-state index is 13.1. The van der Waals surface area contributed by atoms with Crippen molar-refractivity contribution in [3.63, 3.8) is 0 Å². The van der Waals surface area contributed by atoms with Crippen molar-refractivity contribution in [2.45, 2.75) is 407 Å². The van der Waals surface area contributed by atoms with Gasteiger partial charge in [0.2, 0.25) is 0 Å². The number of hydrogen-bond donors (Lipinski definition) is 3. The molecule has 0 rings (SSSR count). The van der Waals surface area contributed by atoms with Gasteiger partial charge in [0.1, 0.15) is 19.3 Å². The van der Waals surface area contributed by atoms with E-state index in [1.807, 2.05) is 0 Å². The van der Waals surface area contributed by atoms with Gasteiger partial charge in [0.15, 0.2) is 12.2 Å². The highest BCUT2D eigenvalue weighted by atomic mass is 31.2. The molecule has 5 atom stereocenters. The summed E-state index contributed by atoms with van der Waals surface area (Å²) in [4.78, 5) is 72.8. The van der Waals surface area contributed by atoms with Gasteiger partial charge >= 0.3 is 39.5 Å². The van der Waals surface area contributed by atoms with E-state index in [9.17, 15) is 43.2 Å². The molecule has 0 radical (unpaired) electrons. The summed E-state index contributed by atoms with van der Waals surface area (Å²) in [5.74, 6) is 0.166. The molecule has 0 saturated carbocycles. The molecule has 95 heavy (non-hydrogen) atoms. The third-order valence-corrected chi connectivity index (χ3v) is 19.5. The molecule has 0 saturated heterocycles. The van der Waals surface area contributed by atoms with Crippen LogP contribution in [0.4, 0.5) is 0 Å². The monoisotopic (exact) mass is 1400 g/mol. The number of ether oxygens (including phenoxy) is 4. The highest BCUT2D eigenvalue weighted by molar-refractivity contribution is 7.47. The van der Waals surface area contributed by atoms with Crippen LogP contribution in [0.2, 0.25) is 0 Å². The lowest BCUT2D eigenvalue weighted by Crippen LogP contribution is -2.30. The number of unbranched alkanes of at least 4 members (excludes halogenated alkanes) is 42. The number of aliphatic hydroxyl groups excluding tert-OH is 1. The molecule has 0 heterocycles. The average molecular weight is 1400 g/mol. The lowest BCUT2D eigenvalue weighted by atomic mass is 10.0. The lowest BCUT2D eigenvalue weighted by molar-refractivity contribution is -0.161. The Labute approximate surface area is 581 Å². The summed E-state index contributed by atoms with van der Waals surface area (Å²) in [7, 11) is -9.91. The van der Waals surface area contributed by atoms with Gasteiger partial charge in [-0.05, 0) is 43.4 Å². The summed E-state index contributed by atoms with van der Waals surface area (Å²) in [5, 5.41) is 10.6. The van der Waals surface area contributed by atoms with E-state index in [1.165, 1.54) is 199 Å². The second kappa shape index (κ2) is 66.6. The number of rotatable bonds is 74. The predicted molar refractivity (Wildman–Crippen MR) is 386 cm³/mol. The molecule has 564 valence electrons. The SMILES string of the molecule is CCCCCCCCCCCCCCCC(=O)OC[C@H](COP(=O)(O)OC[C@@H](O)COP(=O)(O)OC[C@@H](COC(=O)CCCCCCCCCCCC(C)C)OC(=O)CCCCCCCCCCCC(C)C)OC(=O)CCCCCCCCCCCCCCCCCC(C)C. The largest absolute Gasteiger partial charge is 0.472 e.